The van der Waals surface area contributed by atoms with Crippen LogP contribution < -0.4 is 0 Å². The van der Waals surface area contributed by atoms with Crippen molar-refractivity contribution < 1.29 is 4.74 Å². The van der Waals surface area contributed by atoms with Crippen LogP contribution in [0.4, 0.5) is 0 Å². The summed E-state index contributed by atoms with van der Waals surface area (Å²) in [6.45, 7) is 4.26. The summed E-state index contributed by atoms with van der Waals surface area (Å²) in [4.78, 5) is 4.92. The first-order valence-corrected chi connectivity index (χ1v) is 14.0. The smallest absolute Gasteiger partial charge is 0.139 e. The molecule has 2 aromatic rings. The maximum Gasteiger partial charge on any atom is 0.139 e. The van der Waals surface area contributed by atoms with E-state index in [4.69, 9.17) is 9.72 Å². The van der Waals surface area contributed by atoms with Crippen LogP contribution in [0.3, 0.4) is 0 Å². The van der Waals surface area contributed by atoms with E-state index in [0.29, 0.717) is 0 Å². The van der Waals surface area contributed by atoms with Crippen LogP contribution in [0.15, 0.2) is 24.3 Å². The van der Waals surface area contributed by atoms with Crippen molar-refractivity contribution in [1.82, 2.24) is 9.55 Å². The molecule has 0 spiro atoms. The van der Waals surface area contributed by atoms with Gasteiger partial charge in [0.15, 0.2) is 0 Å². The van der Waals surface area contributed by atoms with Crippen molar-refractivity contribution >= 4 is 11.0 Å². The Morgan fingerprint density at radius 3 is 1.91 bits per heavy atom. The van der Waals surface area contributed by atoms with Gasteiger partial charge in [0.2, 0.25) is 0 Å². The Labute approximate surface area is 197 Å². The Morgan fingerprint density at radius 2 is 1.34 bits per heavy atom. The molecule has 0 saturated carbocycles. The van der Waals surface area contributed by atoms with Crippen LogP contribution in [0.1, 0.15) is 134 Å². The number of rotatable bonds is 18. The highest BCUT2D eigenvalue weighted by Crippen LogP contribution is 2.31. The Bertz CT molecular complexity index is 732. The Morgan fingerprint density at radius 1 is 0.781 bits per heavy atom. The third-order valence-corrected chi connectivity index (χ3v) is 7.14. The summed E-state index contributed by atoms with van der Waals surface area (Å²) < 4.78 is 8.40. The van der Waals surface area contributed by atoms with E-state index >= 15 is 0 Å². The number of aryl methyl sites for hydroxylation is 1. The Balaban J connectivity index is 1.21. The predicted octanol–water partition coefficient (Wildman–Crippen LogP) is 9.15. The third-order valence-electron chi connectivity index (χ3n) is 7.14. The Kier molecular flexibility index (Phi) is 12.2. The lowest BCUT2D eigenvalue weighted by Crippen LogP contribution is -2.09. The van der Waals surface area contributed by atoms with E-state index in [1.807, 2.05) is 0 Å². The molecule has 1 aliphatic heterocycles. The molecule has 1 aliphatic rings. The van der Waals surface area contributed by atoms with Crippen molar-refractivity contribution in [2.24, 2.45) is 0 Å². The second-order valence-corrected chi connectivity index (χ2v) is 9.92. The van der Waals surface area contributed by atoms with E-state index < -0.39 is 0 Å². The lowest BCUT2D eigenvalue weighted by molar-refractivity contribution is 0.102. The molecule has 1 atom stereocenters. The van der Waals surface area contributed by atoms with Gasteiger partial charge in [-0.25, -0.2) is 4.98 Å². The van der Waals surface area contributed by atoms with E-state index in [0.717, 1.165) is 37.3 Å². The molecular formula is C29H48N2O. The molecule has 1 aromatic heterocycles. The second-order valence-electron chi connectivity index (χ2n) is 9.92. The van der Waals surface area contributed by atoms with Crippen LogP contribution in [0.25, 0.3) is 11.0 Å². The van der Waals surface area contributed by atoms with Gasteiger partial charge in [-0.05, 0) is 31.4 Å². The molecule has 180 valence electrons. The molecule has 3 heteroatoms. The first-order valence-electron chi connectivity index (χ1n) is 14.0. The SMILES string of the molecule is CCCCCCCCCCCCCCCCCCn1c(C2CCCO2)nc2ccccc21. The van der Waals surface area contributed by atoms with Crippen LogP contribution in [0.5, 0.6) is 0 Å². The molecule has 1 fully saturated rings. The van der Waals surface area contributed by atoms with E-state index in [2.05, 4.69) is 35.8 Å². The molecule has 0 radical (unpaired) electrons. The van der Waals surface area contributed by atoms with Gasteiger partial charge in [0, 0.05) is 13.2 Å². The zero-order valence-electron chi connectivity index (χ0n) is 20.8. The van der Waals surface area contributed by atoms with Gasteiger partial charge >= 0.3 is 0 Å². The molecule has 3 nitrogen and oxygen atoms in total. The van der Waals surface area contributed by atoms with Gasteiger partial charge in [-0.2, -0.15) is 0 Å². The van der Waals surface area contributed by atoms with Crippen molar-refractivity contribution in [2.75, 3.05) is 6.61 Å². The average molecular weight is 441 g/mol. The van der Waals surface area contributed by atoms with Gasteiger partial charge < -0.3 is 9.30 Å². The number of nitrogens with zero attached hydrogens (tertiary/aromatic N) is 2. The zero-order chi connectivity index (χ0) is 22.3. The van der Waals surface area contributed by atoms with Gasteiger partial charge in [-0.15, -0.1) is 0 Å². The van der Waals surface area contributed by atoms with Gasteiger partial charge in [-0.1, -0.05) is 115 Å². The summed E-state index contributed by atoms with van der Waals surface area (Å²) >= 11 is 0. The highest BCUT2D eigenvalue weighted by Gasteiger charge is 2.24. The monoisotopic (exact) mass is 440 g/mol. The van der Waals surface area contributed by atoms with Crippen LogP contribution in [-0.2, 0) is 11.3 Å². The molecule has 1 saturated heterocycles. The van der Waals surface area contributed by atoms with Crippen LogP contribution in [0.2, 0.25) is 0 Å². The fraction of sp³-hybridized carbons (Fsp3) is 0.759. The topological polar surface area (TPSA) is 27.1 Å². The zero-order valence-corrected chi connectivity index (χ0v) is 20.8. The number of unbranched alkanes of at least 4 members (excludes halogenated alkanes) is 15. The van der Waals surface area contributed by atoms with Crippen molar-refractivity contribution in [3.8, 4) is 0 Å². The molecule has 1 aromatic carbocycles. The summed E-state index contributed by atoms with van der Waals surface area (Å²) in [6.07, 6.45) is 25.1. The van der Waals surface area contributed by atoms with Crippen molar-refractivity contribution in [2.45, 2.75) is 135 Å². The maximum atomic E-state index is 5.96. The van der Waals surface area contributed by atoms with E-state index in [1.165, 1.54) is 108 Å². The first kappa shape index (κ1) is 25.3. The summed E-state index contributed by atoms with van der Waals surface area (Å²) in [5, 5.41) is 0. The molecule has 0 N–H and O–H groups in total. The minimum absolute atomic E-state index is 0.198. The van der Waals surface area contributed by atoms with Gasteiger partial charge in [0.25, 0.3) is 0 Å². The quantitative estimate of drug-likeness (QED) is 0.216. The molecule has 3 rings (SSSR count). The summed E-state index contributed by atoms with van der Waals surface area (Å²) in [5.41, 5.74) is 2.40. The Hall–Kier alpha value is -1.35. The number of fused-ring (bicyclic) bond motifs is 1. The second kappa shape index (κ2) is 15.5. The van der Waals surface area contributed by atoms with E-state index in [9.17, 15) is 0 Å². The molecule has 0 bridgehead atoms. The van der Waals surface area contributed by atoms with E-state index in [-0.39, 0.29) is 6.10 Å². The first-order chi connectivity index (χ1) is 15.9. The summed E-state index contributed by atoms with van der Waals surface area (Å²) in [5.74, 6) is 1.16. The van der Waals surface area contributed by atoms with Gasteiger partial charge in [0.05, 0.1) is 11.0 Å². The lowest BCUT2D eigenvalue weighted by atomic mass is 10.0. The fourth-order valence-electron chi connectivity index (χ4n) is 5.17. The largest absolute Gasteiger partial charge is 0.370 e. The van der Waals surface area contributed by atoms with Crippen molar-refractivity contribution in [1.29, 1.82) is 0 Å². The molecular weight excluding hydrogens is 392 g/mol. The minimum atomic E-state index is 0.198. The number of hydrogen-bond acceptors (Lipinski definition) is 2. The van der Waals surface area contributed by atoms with Gasteiger partial charge in [-0.3, -0.25) is 0 Å². The number of para-hydroxylation sites is 2. The normalized spacial score (nSPS) is 16.3. The molecule has 0 amide bonds. The predicted molar refractivity (Wildman–Crippen MR) is 137 cm³/mol. The number of aromatic nitrogens is 2. The molecule has 2 heterocycles. The van der Waals surface area contributed by atoms with Gasteiger partial charge in [0.1, 0.15) is 11.9 Å². The standard InChI is InChI=1S/C29H48N2O/c1-2-3-4-5-6-7-8-9-10-11-12-13-14-15-16-19-24-31-27-22-18-17-21-26(27)30-29(31)28-23-20-25-32-28/h17-18,21-22,28H,2-16,19-20,23-25H2,1H3. The van der Waals surface area contributed by atoms with Crippen molar-refractivity contribution in [3.05, 3.63) is 30.1 Å². The fourth-order valence-corrected chi connectivity index (χ4v) is 5.17. The number of hydrogen-bond donors (Lipinski definition) is 0. The highest BCUT2D eigenvalue weighted by atomic mass is 16.5. The number of ether oxygens (including phenoxy) is 1. The average Bonchev–Trinajstić information content (AvgIpc) is 3.47. The van der Waals surface area contributed by atoms with E-state index in [1.54, 1.807) is 0 Å². The lowest BCUT2D eigenvalue weighted by Gasteiger charge is -2.13. The van der Waals surface area contributed by atoms with Crippen LogP contribution in [-0.4, -0.2) is 16.2 Å². The van der Waals surface area contributed by atoms with Crippen LogP contribution >= 0.6 is 0 Å². The number of imidazole rings is 1. The summed E-state index contributed by atoms with van der Waals surface area (Å²) in [7, 11) is 0. The summed E-state index contributed by atoms with van der Waals surface area (Å²) in [6, 6.07) is 8.58. The minimum Gasteiger partial charge on any atom is -0.370 e. The highest BCUT2D eigenvalue weighted by molar-refractivity contribution is 5.76. The maximum absolute atomic E-state index is 5.96. The molecule has 1 unspecified atom stereocenters. The number of benzene rings is 1. The molecule has 32 heavy (non-hydrogen) atoms. The third kappa shape index (κ3) is 8.54. The van der Waals surface area contributed by atoms with Crippen LogP contribution in [0, 0.1) is 0 Å². The molecule has 0 aliphatic carbocycles. The van der Waals surface area contributed by atoms with Crippen molar-refractivity contribution in [3.63, 3.8) is 0 Å².